The SMILES string of the molecule is CC(C)CC(NC(=O)OCC1c2ccccc2-c2ccccc21)C(=O)N1CCC(CC(=O)O)C1. The molecule has 1 saturated heterocycles. The van der Waals surface area contributed by atoms with Crippen molar-refractivity contribution in [3.8, 4) is 11.1 Å². The summed E-state index contributed by atoms with van der Waals surface area (Å²) < 4.78 is 5.64. The molecule has 180 valence electrons. The topological polar surface area (TPSA) is 95.9 Å². The van der Waals surface area contributed by atoms with Gasteiger partial charge in [0.1, 0.15) is 12.6 Å². The fourth-order valence-electron chi connectivity index (χ4n) is 5.14. The maximum atomic E-state index is 13.1. The number of rotatable bonds is 8. The molecule has 2 aliphatic rings. The number of hydrogen-bond donors (Lipinski definition) is 2. The summed E-state index contributed by atoms with van der Waals surface area (Å²) in [4.78, 5) is 38.6. The summed E-state index contributed by atoms with van der Waals surface area (Å²) in [6.45, 7) is 5.10. The summed E-state index contributed by atoms with van der Waals surface area (Å²) >= 11 is 0. The molecule has 2 atom stereocenters. The smallest absolute Gasteiger partial charge is 0.407 e. The second kappa shape index (κ2) is 10.3. The number of ether oxygens (including phenoxy) is 1. The first-order valence-electron chi connectivity index (χ1n) is 12.0. The van der Waals surface area contributed by atoms with E-state index in [0.717, 1.165) is 22.3 Å². The Morgan fingerprint density at radius 2 is 1.68 bits per heavy atom. The van der Waals surface area contributed by atoms with Gasteiger partial charge >= 0.3 is 12.1 Å². The number of amides is 2. The van der Waals surface area contributed by atoms with E-state index in [-0.39, 0.29) is 36.7 Å². The number of nitrogens with one attached hydrogen (secondary N) is 1. The summed E-state index contributed by atoms with van der Waals surface area (Å²) in [5.41, 5.74) is 4.58. The third-order valence-corrected chi connectivity index (χ3v) is 6.70. The first-order valence-corrected chi connectivity index (χ1v) is 12.0. The van der Waals surface area contributed by atoms with Gasteiger partial charge in [0, 0.05) is 25.4 Å². The van der Waals surface area contributed by atoms with Crippen LogP contribution in [0.15, 0.2) is 48.5 Å². The number of carbonyl (C=O) groups is 3. The van der Waals surface area contributed by atoms with Gasteiger partial charge in [-0.25, -0.2) is 4.79 Å². The molecular formula is C27H32N2O5. The van der Waals surface area contributed by atoms with Crippen LogP contribution in [-0.4, -0.2) is 53.7 Å². The van der Waals surface area contributed by atoms with Crippen LogP contribution in [0, 0.1) is 11.8 Å². The number of hydrogen-bond acceptors (Lipinski definition) is 4. The number of alkyl carbamates (subject to hydrolysis) is 1. The average molecular weight is 465 g/mol. The Bertz CT molecular complexity index is 1020. The molecule has 0 spiro atoms. The lowest BCUT2D eigenvalue weighted by molar-refractivity contribution is -0.138. The van der Waals surface area contributed by atoms with Gasteiger partial charge in [-0.05, 0) is 46.9 Å². The molecule has 0 radical (unpaired) electrons. The number of aliphatic carboxylic acids is 1. The third-order valence-electron chi connectivity index (χ3n) is 6.70. The zero-order valence-corrected chi connectivity index (χ0v) is 19.7. The Morgan fingerprint density at radius 3 is 2.26 bits per heavy atom. The minimum Gasteiger partial charge on any atom is -0.481 e. The Labute approximate surface area is 200 Å². The van der Waals surface area contributed by atoms with Crippen molar-refractivity contribution in [3.63, 3.8) is 0 Å². The number of likely N-dealkylation sites (tertiary alicyclic amines) is 1. The van der Waals surface area contributed by atoms with Crippen LogP contribution in [0.1, 0.15) is 50.2 Å². The van der Waals surface area contributed by atoms with Gasteiger partial charge in [-0.3, -0.25) is 9.59 Å². The highest BCUT2D eigenvalue weighted by Crippen LogP contribution is 2.44. The Morgan fingerprint density at radius 1 is 1.06 bits per heavy atom. The van der Waals surface area contributed by atoms with Gasteiger partial charge in [-0.1, -0.05) is 62.4 Å². The lowest BCUT2D eigenvalue weighted by Gasteiger charge is -2.25. The normalized spacial score (nSPS) is 17.9. The highest BCUT2D eigenvalue weighted by atomic mass is 16.5. The first kappa shape index (κ1) is 23.8. The monoisotopic (exact) mass is 464 g/mol. The van der Waals surface area contributed by atoms with E-state index in [1.807, 2.05) is 38.1 Å². The molecule has 0 saturated carbocycles. The average Bonchev–Trinajstić information content (AvgIpc) is 3.38. The summed E-state index contributed by atoms with van der Waals surface area (Å²) in [7, 11) is 0. The van der Waals surface area contributed by atoms with E-state index in [9.17, 15) is 14.4 Å². The van der Waals surface area contributed by atoms with Crippen molar-refractivity contribution in [2.24, 2.45) is 11.8 Å². The molecule has 2 amide bonds. The number of nitrogens with zero attached hydrogens (tertiary/aromatic N) is 1. The van der Waals surface area contributed by atoms with Crippen LogP contribution in [0.4, 0.5) is 4.79 Å². The minimum absolute atomic E-state index is 0.0457. The second-order valence-electron chi connectivity index (χ2n) is 9.69. The number of benzene rings is 2. The zero-order valence-electron chi connectivity index (χ0n) is 19.7. The van der Waals surface area contributed by atoms with Gasteiger partial charge in [0.2, 0.25) is 5.91 Å². The molecule has 0 bridgehead atoms. The van der Waals surface area contributed by atoms with E-state index in [1.165, 1.54) is 0 Å². The van der Waals surface area contributed by atoms with Gasteiger partial charge in [0.25, 0.3) is 0 Å². The maximum absolute atomic E-state index is 13.1. The van der Waals surface area contributed by atoms with Crippen LogP contribution >= 0.6 is 0 Å². The van der Waals surface area contributed by atoms with E-state index >= 15 is 0 Å². The lowest BCUT2D eigenvalue weighted by Crippen LogP contribution is -2.48. The van der Waals surface area contributed by atoms with Crippen LogP contribution in [0.5, 0.6) is 0 Å². The molecule has 2 N–H and O–H groups in total. The van der Waals surface area contributed by atoms with E-state index in [1.54, 1.807) is 4.90 Å². The van der Waals surface area contributed by atoms with Crippen molar-refractivity contribution in [1.29, 1.82) is 0 Å². The molecule has 0 aromatic heterocycles. The van der Waals surface area contributed by atoms with Crippen molar-refractivity contribution in [3.05, 3.63) is 59.7 Å². The molecule has 7 heteroatoms. The Hall–Kier alpha value is -3.35. The molecule has 2 aromatic carbocycles. The van der Waals surface area contributed by atoms with E-state index < -0.39 is 18.1 Å². The van der Waals surface area contributed by atoms with Crippen molar-refractivity contribution in [2.75, 3.05) is 19.7 Å². The molecule has 2 unspecified atom stereocenters. The number of carboxylic acid groups (broad SMARTS) is 1. The number of carbonyl (C=O) groups excluding carboxylic acids is 2. The van der Waals surface area contributed by atoms with Crippen LogP contribution in [0.2, 0.25) is 0 Å². The molecule has 1 heterocycles. The first-order chi connectivity index (χ1) is 16.3. The fraction of sp³-hybridized carbons (Fsp3) is 0.444. The molecule has 1 aliphatic carbocycles. The summed E-state index contributed by atoms with van der Waals surface area (Å²) in [6.07, 6.45) is 0.598. The summed E-state index contributed by atoms with van der Waals surface area (Å²) in [5.74, 6) is -0.923. The van der Waals surface area contributed by atoms with Gasteiger partial charge in [-0.2, -0.15) is 0 Å². The minimum atomic E-state index is -0.852. The summed E-state index contributed by atoms with van der Waals surface area (Å²) in [6, 6.07) is 15.6. The van der Waals surface area contributed by atoms with E-state index in [0.29, 0.717) is 25.9 Å². The fourth-order valence-corrected chi connectivity index (χ4v) is 5.14. The Kier molecular flexibility index (Phi) is 7.20. The summed E-state index contributed by atoms with van der Waals surface area (Å²) in [5, 5.41) is 11.8. The highest BCUT2D eigenvalue weighted by Gasteiger charge is 2.34. The van der Waals surface area contributed by atoms with Crippen molar-refractivity contribution < 1.29 is 24.2 Å². The van der Waals surface area contributed by atoms with Gasteiger partial charge in [0.15, 0.2) is 0 Å². The molecule has 4 rings (SSSR count). The van der Waals surface area contributed by atoms with E-state index in [2.05, 4.69) is 29.6 Å². The van der Waals surface area contributed by atoms with Crippen LogP contribution in [-0.2, 0) is 14.3 Å². The highest BCUT2D eigenvalue weighted by molar-refractivity contribution is 5.86. The van der Waals surface area contributed by atoms with Crippen LogP contribution < -0.4 is 5.32 Å². The van der Waals surface area contributed by atoms with Crippen LogP contribution in [0.3, 0.4) is 0 Å². The molecule has 1 fully saturated rings. The molecule has 2 aromatic rings. The quantitative estimate of drug-likeness (QED) is 0.609. The van der Waals surface area contributed by atoms with Gasteiger partial charge in [0.05, 0.1) is 0 Å². The van der Waals surface area contributed by atoms with E-state index in [4.69, 9.17) is 9.84 Å². The molecule has 34 heavy (non-hydrogen) atoms. The molecular weight excluding hydrogens is 432 g/mol. The standard InChI is InChI=1S/C27H32N2O5/c1-17(2)13-24(26(32)29-12-11-18(15-29)14-25(30)31)28-27(33)34-16-23-21-9-5-3-7-19(21)20-8-4-6-10-22(20)23/h3-10,17-18,23-24H,11-16H2,1-2H3,(H,28,33)(H,30,31). The third kappa shape index (κ3) is 5.24. The maximum Gasteiger partial charge on any atom is 0.407 e. The number of carboxylic acids is 1. The molecule has 1 aliphatic heterocycles. The predicted octanol–water partition coefficient (Wildman–Crippen LogP) is 4.26. The van der Waals surface area contributed by atoms with Gasteiger partial charge < -0.3 is 20.1 Å². The zero-order chi connectivity index (χ0) is 24.2. The van der Waals surface area contributed by atoms with Crippen molar-refractivity contribution >= 4 is 18.0 Å². The lowest BCUT2D eigenvalue weighted by atomic mass is 9.98. The predicted molar refractivity (Wildman–Crippen MR) is 128 cm³/mol. The van der Waals surface area contributed by atoms with Gasteiger partial charge in [-0.15, -0.1) is 0 Å². The number of fused-ring (bicyclic) bond motifs is 3. The van der Waals surface area contributed by atoms with Crippen molar-refractivity contribution in [2.45, 2.75) is 45.1 Å². The second-order valence-corrected chi connectivity index (χ2v) is 9.69. The Balaban J connectivity index is 1.39. The van der Waals surface area contributed by atoms with Crippen LogP contribution in [0.25, 0.3) is 11.1 Å². The largest absolute Gasteiger partial charge is 0.481 e. The molecule has 7 nitrogen and oxygen atoms in total. The van der Waals surface area contributed by atoms with Crippen molar-refractivity contribution in [1.82, 2.24) is 10.2 Å².